The molecule has 130 valence electrons. The highest BCUT2D eigenvalue weighted by Gasteiger charge is 2.40. The SMILES string of the molecule is CCOC(=O)c1c(NC(=O)C[C@@H]2C[C@@H]3CC[C@H]2C3)sc2c1CCC2. The number of anilines is 1. The quantitative estimate of drug-likeness (QED) is 0.813. The van der Waals surface area contributed by atoms with Gasteiger partial charge in [-0.3, -0.25) is 4.79 Å². The van der Waals surface area contributed by atoms with Crippen LogP contribution in [0.25, 0.3) is 0 Å². The van der Waals surface area contributed by atoms with Crippen molar-refractivity contribution in [3.8, 4) is 0 Å². The molecule has 3 atom stereocenters. The molecule has 1 N–H and O–H groups in total. The van der Waals surface area contributed by atoms with Crippen molar-refractivity contribution >= 4 is 28.2 Å². The van der Waals surface area contributed by atoms with Gasteiger partial charge in [0.05, 0.1) is 12.2 Å². The first kappa shape index (κ1) is 16.1. The second kappa shape index (κ2) is 6.51. The number of nitrogens with one attached hydrogen (secondary N) is 1. The summed E-state index contributed by atoms with van der Waals surface area (Å²) >= 11 is 1.57. The summed E-state index contributed by atoms with van der Waals surface area (Å²) in [5, 5.41) is 3.76. The molecule has 0 aromatic carbocycles. The largest absolute Gasteiger partial charge is 0.462 e. The Balaban J connectivity index is 1.47. The first-order valence-corrected chi connectivity index (χ1v) is 10.1. The van der Waals surface area contributed by atoms with Crippen molar-refractivity contribution in [2.45, 2.75) is 58.3 Å². The molecule has 0 saturated heterocycles. The van der Waals surface area contributed by atoms with Crippen molar-refractivity contribution in [2.75, 3.05) is 11.9 Å². The van der Waals surface area contributed by atoms with Gasteiger partial charge in [0.1, 0.15) is 5.00 Å². The molecule has 0 aliphatic heterocycles. The Labute approximate surface area is 147 Å². The minimum atomic E-state index is -0.285. The lowest BCUT2D eigenvalue weighted by Gasteiger charge is -2.20. The Morgan fingerprint density at radius 3 is 2.83 bits per heavy atom. The number of hydrogen-bond acceptors (Lipinski definition) is 4. The van der Waals surface area contributed by atoms with E-state index in [1.807, 2.05) is 6.92 Å². The van der Waals surface area contributed by atoms with Gasteiger partial charge in [-0.15, -0.1) is 11.3 Å². The molecule has 1 heterocycles. The van der Waals surface area contributed by atoms with E-state index < -0.39 is 0 Å². The van der Waals surface area contributed by atoms with Gasteiger partial charge < -0.3 is 10.1 Å². The van der Waals surface area contributed by atoms with E-state index in [2.05, 4.69) is 5.32 Å². The van der Waals surface area contributed by atoms with Gasteiger partial charge in [-0.05, 0) is 68.8 Å². The van der Waals surface area contributed by atoms with Crippen molar-refractivity contribution < 1.29 is 14.3 Å². The predicted octanol–water partition coefficient (Wildman–Crippen LogP) is 4.18. The van der Waals surface area contributed by atoms with Crippen molar-refractivity contribution in [3.05, 3.63) is 16.0 Å². The molecule has 24 heavy (non-hydrogen) atoms. The highest BCUT2D eigenvalue weighted by Crippen LogP contribution is 2.49. The zero-order valence-corrected chi connectivity index (χ0v) is 15.0. The third-order valence-corrected chi connectivity index (χ3v) is 7.19. The highest BCUT2D eigenvalue weighted by molar-refractivity contribution is 7.17. The van der Waals surface area contributed by atoms with Crippen LogP contribution in [0.5, 0.6) is 0 Å². The molecule has 1 aromatic heterocycles. The average molecular weight is 347 g/mol. The third kappa shape index (κ3) is 2.87. The number of carbonyl (C=O) groups is 2. The van der Waals surface area contributed by atoms with Crippen molar-refractivity contribution in [2.24, 2.45) is 17.8 Å². The molecule has 1 amide bonds. The third-order valence-electron chi connectivity index (χ3n) is 5.99. The lowest BCUT2D eigenvalue weighted by Crippen LogP contribution is -2.21. The van der Waals surface area contributed by atoms with Crippen LogP contribution in [0.1, 0.15) is 66.2 Å². The van der Waals surface area contributed by atoms with E-state index in [0.717, 1.165) is 36.7 Å². The number of hydrogen-bond donors (Lipinski definition) is 1. The Morgan fingerprint density at radius 2 is 2.12 bits per heavy atom. The fraction of sp³-hybridized carbons (Fsp3) is 0.684. The molecule has 3 aliphatic rings. The molecule has 1 aromatic rings. The Bertz CT molecular complexity index is 666. The number of thiophene rings is 1. The van der Waals surface area contributed by atoms with Gasteiger partial charge in [-0.1, -0.05) is 6.42 Å². The summed E-state index contributed by atoms with van der Waals surface area (Å²) in [6, 6.07) is 0. The maximum absolute atomic E-state index is 12.5. The van der Waals surface area contributed by atoms with Gasteiger partial charge in [-0.25, -0.2) is 4.79 Å². The fourth-order valence-corrected chi connectivity index (χ4v) is 6.25. The fourth-order valence-electron chi connectivity index (χ4n) is 4.95. The smallest absolute Gasteiger partial charge is 0.341 e. The maximum atomic E-state index is 12.5. The molecule has 2 fully saturated rings. The van der Waals surface area contributed by atoms with E-state index in [-0.39, 0.29) is 11.9 Å². The second-order valence-corrected chi connectivity index (χ2v) is 8.57. The summed E-state index contributed by atoms with van der Waals surface area (Å²) in [7, 11) is 0. The Morgan fingerprint density at radius 1 is 1.25 bits per heavy atom. The number of ether oxygens (including phenoxy) is 1. The van der Waals surface area contributed by atoms with Crippen LogP contribution in [0.3, 0.4) is 0 Å². The maximum Gasteiger partial charge on any atom is 0.341 e. The first-order valence-electron chi connectivity index (χ1n) is 9.27. The first-order chi connectivity index (χ1) is 11.7. The zero-order valence-electron chi connectivity index (χ0n) is 14.2. The number of aryl methyl sites for hydroxylation is 1. The van der Waals surface area contributed by atoms with Gasteiger partial charge in [0.2, 0.25) is 5.91 Å². The molecule has 2 saturated carbocycles. The minimum absolute atomic E-state index is 0.0676. The topological polar surface area (TPSA) is 55.4 Å². The van der Waals surface area contributed by atoms with Crippen molar-refractivity contribution in [1.29, 1.82) is 0 Å². The Kier molecular flexibility index (Phi) is 4.37. The van der Waals surface area contributed by atoms with Crippen LogP contribution in [0.2, 0.25) is 0 Å². The van der Waals surface area contributed by atoms with Gasteiger partial charge in [0.15, 0.2) is 0 Å². The number of amides is 1. The summed E-state index contributed by atoms with van der Waals surface area (Å²) in [6.07, 6.45) is 8.80. The number of fused-ring (bicyclic) bond motifs is 3. The van der Waals surface area contributed by atoms with E-state index in [4.69, 9.17) is 4.74 Å². The van der Waals surface area contributed by atoms with Gasteiger partial charge in [0, 0.05) is 11.3 Å². The molecule has 0 unspecified atom stereocenters. The summed E-state index contributed by atoms with van der Waals surface area (Å²) in [5.41, 5.74) is 1.73. The van der Waals surface area contributed by atoms with Crippen LogP contribution in [-0.4, -0.2) is 18.5 Å². The van der Waals surface area contributed by atoms with E-state index in [1.165, 1.54) is 30.6 Å². The average Bonchev–Trinajstić information content (AvgIpc) is 3.26. The molecule has 4 rings (SSSR count). The number of esters is 1. The van der Waals surface area contributed by atoms with Crippen LogP contribution in [0, 0.1) is 17.8 Å². The van der Waals surface area contributed by atoms with Gasteiger partial charge in [-0.2, -0.15) is 0 Å². The molecular weight excluding hydrogens is 322 g/mol. The number of rotatable bonds is 5. The van der Waals surface area contributed by atoms with E-state index >= 15 is 0 Å². The highest BCUT2D eigenvalue weighted by atomic mass is 32.1. The zero-order chi connectivity index (χ0) is 16.7. The molecule has 0 spiro atoms. The van der Waals surface area contributed by atoms with Crippen LogP contribution in [0.15, 0.2) is 0 Å². The van der Waals surface area contributed by atoms with Gasteiger partial charge in [0.25, 0.3) is 0 Å². The van der Waals surface area contributed by atoms with Crippen molar-refractivity contribution in [1.82, 2.24) is 0 Å². The lowest BCUT2D eigenvalue weighted by atomic mass is 9.86. The second-order valence-electron chi connectivity index (χ2n) is 7.47. The molecule has 2 bridgehead atoms. The van der Waals surface area contributed by atoms with E-state index in [0.29, 0.717) is 29.5 Å². The van der Waals surface area contributed by atoms with Gasteiger partial charge >= 0.3 is 5.97 Å². The molecule has 3 aliphatic carbocycles. The van der Waals surface area contributed by atoms with Crippen LogP contribution < -0.4 is 5.32 Å². The van der Waals surface area contributed by atoms with Crippen molar-refractivity contribution in [3.63, 3.8) is 0 Å². The van der Waals surface area contributed by atoms with Crippen LogP contribution in [-0.2, 0) is 22.4 Å². The van der Waals surface area contributed by atoms with E-state index in [9.17, 15) is 9.59 Å². The predicted molar refractivity (Wildman–Crippen MR) is 94.5 cm³/mol. The molecular formula is C19H25NO3S. The monoisotopic (exact) mass is 347 g/mol. The normalized spacial score (nSPS) is 27.3. The molecule has 0 radical (unpaired) electrons. The Hall–Kier alpha value is -1.36. The van der Waals surface area contributed by atoms with E-state index in [1.54, 1.807) is 11.3 Å². The van der Waals surface area contributed by atoms with Crippen LogP contribution >= 0.6 is 11.3 Å². The summed E-state index contributed by atoms with van der Waals surface area (Å²) in [4.78, 5) is 26.1. The lowest BCUT2D eigenvalue weighted by molar-refractivity contribution is -0.117. The van der Waals surface area contributed by atoms with Crippen LogP contribution in [0.4, 0.5) is 5.00 Å². The molecule has 5 heteroatoms. The summed E-state index contributed by atoms with van der Waals surface area (Å²) in [6.45, 7) is 2.18. The minimum Gasteiger partial charge on any atom is -0.462 e. The summed E-state index contributed by atoms with van der Waals surface area (Å²) in [5.74, 6) is 1.93. The summed E-state index contributed by atoms with van der Waals surface area (Å²) < 4.78 is 5.22. The number of carbonyl (C=O) groups excluding carboxylic acids is 2. The molecule has 4 nitrogen and oxygen atoms in total. The standard InChI is InChI=1S/C19H25NO3S/c1-2-23-19(22)17-14-4-3-5-15(14)24-18(17)20-16(21)10-13-9-11-6-7-12(13)8-11/h11-13H,2-10H2,1H3,(H,20,21)/t11-,12+,13+/m1/s1.